The molecular weight excluding hydrogens is 276 g/mol. The molecule has 0 radical (unpaired) electrons. The van der Waals surface area contributed by atoms with E-state index < -0.39 is 0 Å². The van der Waals surface area contributed by atoms with Gasteiger partial charge in [-0.25, -0.2) is 0 Å². The quantitative estimate of drug-likeness (QED) is 0.910. The first kappa shape index (κ1) is 14.6. The van der Waals surface area contributed by atoms with Gasteiger partial charge in [-0.15, -0.1) is 0 Å². The van der Waals surface area contributed by atoms with Crippen molar-refractivity contribution in [3.05, 3.63) is 53.6 Å². The van der Waals surface area contributed by atoms with Crippen molar-refractivity contribution in [3.63, 3.8) is 0 Å². The highest BCUT2D eigenvalue weighted by molar-refractivity contribution is 6.01. The van der Waals surface area contributed by atoms with Gasteiger partial charge in [0.15, 0.2) is 0 Å². The van der Waals surface area contributed by atoms with Gasteiger partial charge in [0.05, 0.1) is 0 Å². The standard InChI is InChI=1S/C18H20N2O2/c1-2-20-18(21)16-8-4-3-7-14(16)15-9-5-6-12-10-13(11-19)22-17(12)15/h3-9,13H,2,10-11,19H2,1H3,(H,20,21). The van der Waals surface area contributed by atoms with Crippen LogP contribution in [-0.4, -0.2) is 25.1 Å². The lowest BCUT2D eigenvalue weighted by molar-refractivity contribution is 0.0956. The minimum atomic E-state index is -0.0657. The number of hydrogen-bond acceptors (Lipinski definition) is 3. The number of para-hydroxylation sites is 1. The first-order valence-electron chi connectivity index (χ1n) is 7.60. The normalized spacial score (nSPS) is 16.0. The molecule has 0 bridgehead atoms. The molecule has 0 saturated carbocycles. The largest absolute Gasteiger partial charge is 0.488 e. The summed E-state index contributed by atoms with van der Waals surface area (Å²) in [4.78, 5) is 12.3. The highest BCUT2D eigenvalue weighted by Gasteiger charge is 2.25. The van der Waals surface area contributed by atoms with E-state index in [4.69, 9.17) is 10.5 Å². The van der Waals surface area contributed by atoms with Crippen LogP contribution in [0, 0.1) is 0 Å². The van der Waals surface area contributed by atoms with Crippen molar-refractivity contribution in [2.45, 2.75) is 19.4 Å². The van der Waals surface area contributed by atoms with Crippen LogP contribution in [0.25, 0.3) is 11.1 Å². The fourth-order valence-corrected chi connectivity index (χ4v) is 2.85. The number of benzene rings is 2. The van der Waals surface area contributed by atoms with Crippen molar-refractivity contribution in [2.24, 2.45) is 5.73 Å². The van der Waals surface area contributed by atoms with E-state index in [1.807, 2.05) is 43.3 Å². The number of carbonyl (C=O) groups excluding carboxylic acids is 1. The molecule has 0 spiro atoms. The Labute approximate surface area is 130 Å². The minimum absolute atomic E-state index is 0.0211. The Morgan fingerprint density at radius 2 is 2.00 bits per heavy atom. The zero-order chi connectivity index (χ0) is 15.5. The van der Waals surface area contributed by atoms with Crippen LogP contribution in [0.4, 0.5) is 0 Å². The number of nitrogens with two attached hydrogens (primary N) is 1. The Morgan fingerprint density at radius 1 is 1.23 bits per heavy atom. The van der Waals surface area contributed by atoms with E-state index in [2.05, 4.69) is 11.4 Å². The van der Waals surface area contributed by atoms with E-state index in [0.29, 0.717) is 18.7 Å². The van der Waals surface area contributed by atoms with Crippen LogP contribution in [0.1, 0.15) is 22.8 Å². The number of fused-ring (bicyclic) bond motifs is 1. The van der Waals surface area contributed by atoms with Crippen LogP contribution in [-0.2, 0) is 6.42 Å². The summed E-state index contributed by atoms with van der Waals surface area (Å²) >= 11 is 0. The molecule has 1 atom stereocenters. The smallest absolute Gasteiger partial charge is 0.251 e. The molecule has 3 N–H and O–H groups in total. The molecule has 22 heavy (non-hydrogen) atoms. The van der Waals surface area contributed by atoms with Gasteiger partial charge in [0, 0.05) is 30.6 Å². The summed E-state index contributed by atoms with van der Waals surface area (Å²) in [5.41, 5.74) is 9.39. The molecule has 114 valence electrons. The lowest BCUT2D eigenvalue weighted by atomic mass is 9.96. The Hall–Kier alpha value is -2.33. The zero-order valence-corrected chi connectivity index (χ0v) is 12.6. The second-order valence-electron chi connectivity index (χ2n) is 5.38. The number of ether oxygens (including phenoxy) is 1. The van der Waals surface area contributed by atoms with E-state index in [-0.39, 0.29) is 12.0 Å². The van der Waals surface area contributed by atoms with Crippen LogP contribution in [0.2, 0.25) is 0 Å². The van der Waals surface area contributed by atoms with E-state index in [9.17, 15) is 4.79 Å². The second kappa shape index (κ2) is 6.20. The maximum atomic E-state index is 12.3. The molecule has 0 aromatic heterocycles. The Morgan fingerprint density at radius 3 is 2.77 bits per heavy atom. The van der Waals surface area contributed by atoms with Crippen molar-refractivity contribution in [3.8, 4) is 16.9 Å². The number of carbonyl (C=O) groups is 1. The average molecular weight is 296 g/mol. The molecule has 4 heteroatoms. The highest BCUT2D eigenvalue weighted by atomic mass is 16.5. The Kier molecular flexibility index (Phi) is 4.11. The van der Waals surface area contributed by atoms with Gasteiger partial charge in [-0.1, -0.05) is 36.4 Å². The number of rotatable bonds is 4. The molecule has 1 amide bonds. The molecule has 3 rings (SSSR count). The van der Waals surface area contributed by atoms with E-state index >= 15 is 0 Å². The molecule has 2 aromatic carbocycles. The topological polar surface area (TPSA) is 64.3 Å². The minimum Gasteiger partial charge on any atom is -0.488 e. The van der Waals surface area contributed by atoms with Gasteiger partial charge in [0.25, 0.3) is 5.91 Å². The molecule has 0 aliphatic carbocycles. The number of nitrogens with one attached hydrogen (secondary N) is 1. The SMILES string of the molecule is CCNC(=O)c1ccccc1-c1cccc2c1OC(CN)C2. The zero-order valence-electron chi connectivity index (χ0n) is 12.6. The van der Waals surface area contributed by atoms with Crippen molar-refractivity contribution in [2.75, 3.05) is 13.1 Å². The van der Waals surface area contributed by atoms with Crippen LogP contribution in [0.5, 0.6) is 5.75 Å². The predicted octanol–water partition coefficient (Wildman–Crippen LogP) is 2.37. The molecule has 4 nitrogen and oxygen atoms in total. The fraction of sp³-hybridized carbons (Fsp3) is 0.278. The van der Waals surface area contributed by atoms with Crippen LogP contribution >= 0.6 is 0 Å². The fourth-order valence-electron chi connectivity index (χ4n) is 2.85. The van der Waals surface area contributed by atoms with Gasteiger partial charge in [-0.2, -0.15) is 0 Å². The molecule has 2 aromatic rings. The molecule has 1 aliphatic heterocycles. The third-order valence-corrected chi connectivity index (χ3v) is 3.89. The third-order valence-electron chi connectivity index (χ3n) is 3.89. The molecule has 0 saturated heterocycles. The molecule has 1 unspecified atom stereocenters. The van der Waals surface area contributed by atoms with E-state index in [1.165, 1.54) is 0 Å². The van der Waals surface area contributed by atoms with Gasteiger partial charge >= 0.3 is 0 Å². The summed E-state index contributed by atoms with van der Waals surface area (Å²) < 4.78 is 5.98. The lowest BCUT2D eigenvalue weighted by Gasteiger charge is -2.14. The summed E-state index contributed by atoms with van der Waals surface area (Å²) in [5.74, 6) is 0.791. The van der Waals surface area contributed by atoms with Crippen molar-refractivity contribution in [1.82, 2.24) is 5.32 Å². The lowest BCUT2D eigenvalue weighted by Crippen LogP contribution is -2.24. The van der Waals surface area contributed by atoms with Crippen molar-refractivity contribution in [1.29, 1.82) is 0 Å². The van der Waals surface area contributed by atoms with Crippen molar-refractivity contribution >= 4 is 5.91 Å². The van der Waals surface area contributed by atoms with Crippen molar-refractivity contribution < 1.29 is 9.53 Å². The summed E-state index contributed by atoms with van der Waals surface area (Å²) in [7, 11) is 0. The third kappa shape index (κ3) is 2.57. The van der Waals surface area contributed by atoms with E-state index in [1.54, 1.807) is 0 Å². The van der Waals surface area contributed by atoms with Gasteiger partial charge in [0.2, 0.25) is 0 Å². The second-order valence-corrected chi connectivity index (χ2v) is 5.38. The Bertz CT molecular complexity index is 697. The first-order chi connectivity index (χ1) is 10.7. The van der Waals surface area contributed by atoms with Crippen LogP contribution in [0.3, 0.4) is 0 Å². The number of amides is 1. The molecule has 1 aliphatic rings. The highest BCUT2D eigenvalue weighted by Crippen LogP contribution is 2.39. The maximum Gasteiger partial charge on any atom is 0.251 e. The summed E-state index contributed by atoms with van der Waals surface area (Å²) in [6, 6.07) is 13.7. The van der Waals surface area contributed by atoms with Gasteiger partial charge < -0.3 is 15.8 Å². The maximum absolute atomic E-state index is 12.3. The van der Waals surface area contributed by atoms with Gasteiger partial charge in [-0.3, -0.25) is 4.79 Å². The first-order valence-corrected chi connectivity index (χ1v) is 7.60. The molecule has 1 heterocycles. The molecule has 0 fully saturated rings. The summed E-state index contributed by atoms with van der Waals surface area (Å²) in [6.07, 6.45) is 0.844. The Balaban J connectivity index is 2.07. The van der Waals surface area contributed by atoms with E-state index in [0.717, 1.165) is 28.9 Å². The summed E-state index contributed by atoms with van der Waals surface area (Å²) in [5, 5.41) is 2.86. The van der Waals surface area contributed by atoms with Gasteiger partial charge in [0.1, 0.15) is 11.9 Å². The summed E-state index contributed by atoms with van der Waals surface area (Å²) in [6.45, 7) is 3.01. The van der Waals surface area contributed by atoms with Crippen LogP contribution in [0.15, 0.2) is 42.5 Å². The monoisotopic (exact) mass is 296 g/mol. The molecular formula is C18H20N2O2. The average Bonchev–Trinajstić information content (AvgIpc) is 2.98. The number of hydrogen-bond donors (Lipinski definition) is 2. The van der Waals surface area contributed by atoms with Gasteiger partial charge in [-0.05, 0) is 24.1 Å². The predicted molar refractivity (Wildman–Crippen MR) is 87.1 cm³/mol. The van der Waals surface area contributed by atoms with Crippen LogP contribution < -0.4 is 15.8 Å².